The number of fused-ring (bicyclic) bond motifs is 1. The van der Waals surface area contributed by atoms with Gasteiger partial charge < -0.3 is 14.3 Å². The molecule has 0 saturated carbocycles. The van der Waals surface area contributed by atoms with E-state index in [1.165, 1.54) is 12.0 Å². The van der Waals surface area contributed by atoms with Crippen LogP contribution in [0.1, 0.15) is 54.1 Å². The van der Waals surface area contributed by atoms with Crippen molar-refractivity contribution in [3.8, 4) is 5.75 Å². The smallest absolute Gasteiger partial charge is 0.294 e. The number of ketones is 1. The second kappa shape index (κ2) is 9.37. The van der Waals surface area contributed by atoms with Crippen LogP contribution in [0.5, 0.6) is 5.75 Å². The quantitative estimate of drug-likeness (QED) is 0.271. The van der Waals surface area contributed by atoms with Crippen LogP contribution >= 0.6 is 11.6 Å². The molecule has 0 spiro atoms. The van der Waals surface area contributed by atoms with Crippen molar-refractivity contribution in [1.82, 2.24) is 0 Å². The molecule has 38 heavy (non-hydrogen) atoms. The summed E-state index contributed by atoms with van der Waals surface area (Å²) in [6.07, 6.45) is 0. The largest absolute Gasteiger partial charge is 0.503 e. The first-order chi connectivity index (χ1) is 18.0. The zero-order chi connectivity index (χ0) is 27.4. The number of anilines is 1. The zero-order valence-electron chi connectivity index (χ0n) is 21.8. The number of Topliss-reactive ketones (excluding diaryl/α,β-unsaturated/α-hetero) is 1. The van der Waals surface area contributed by atoms with Gasteiger partial charge in [0.2, 0.25) is 5.78 Å². The minimum Gasteiger partial charge on any atom is -0.503 e. The molecule has 0 fully saturated rings. The Morgan fingerprint density at radius 2 is 1.76 bits per heavy atom. The number of nitrogens with zero attached hydrogens (tertiary/aromatic N) is 1. The van der Waals surface area contributed by atoms with Crippen LogP contribution < -0.4 is 9.64 Å². The SMILES string of the molecule is COc1cccc2cc(C(=O)C3=C(O)C(=O)N(c4ccc(Cl)cc4C)C3c3ccc(C(C)(C)C)cc3)oc12. The zero-order valence-corrected chi connectivity index (χ0v) is 22.6. The van der Waals surface area contributed by atoms with Crippen molar-refractivity contribution >= 4 is 39.9 Å². The number of aliphatic hydroxyl groups excluding tert-OH is 1. The number of hydrogen-bond donors (Lipinski definition) is 1. The molecule has 2 heterocycles. The monoisotopic (exact) mass is 529 g/mol. The average molecular weight is 530 g/mol. The van der Waals surface area contributed by atoms with E-state index in [0.29, 0.717) is 33.0 Å². The highest BCUT2D eigenvalue weighted by molar-refractivity contribution is 6.30. The van der Waals surface area contributed by atoms with Gasteiger partial charge in [-0.15, -0.1) is 0 Å². The second-order valence-electron chi connectivity index (χ2n) is 10.5. The Morgan fingerprint density at radius 3 is 2.39 bits per heavy atom. The molecule has 1 aliphatic rings. The summed E-state index contributed by atoms with van der Waals surface area (Å²) in [5.41, 5.74) is 3.35. The van der Waals surface area contributed by atoms with Crippen LogP contribution in [0.2, 0.25) is 5.02 Å². The summed E-state index contributed by atoms with van der Waals surface area (Å²) >= 11 is 6.18. The van der Waals surface area contributed by atoms with E-state index in [1.54, 1.807) is 42.5 Å². The molecule has 3 aromatic carbocycles. The Balaban J connectivity index is 1.67. The number of ether oxygens (including phenoxy) is 1. The number of para-hydroxylation sites is 1. The number of methoxy groups -OCH3 is 1. The number of carbonyl (C=O) groups excluding carboxylic acids is 2. The lowest BCUT2D eigenvalue weighted by Gasteiger charge is -2.29. The number of rotatable bonds is 5. The standard InChI is InChI=1S/C31H28ClNO5/c1-17-15-21(32)13-14-22(17)33-26(18-9-11-20(12-10-18)31(2,3)4)25(28(35)30(33)36)27(34)24-16-19-7-6-8-23(37-5)29(19)38-24/h6-16,26,35H,1-5H3. The average Bonchev–Trinajstić information content (AvgIpc) is 3.43. The molecule has 1 amide bonds. The molecule has 4 aromatic rings. The number of benzene rings is 3. The summed E-state index contributed by atoms with van der Waals surface area (Å²) in [5, 5.41) is 12.3. The van der Waals surface area contributed by atoms with Gasteiger partial charge in [0.05, 0.1) is 18.7 Å². The normalized spacial score (nSPS) is 16.0. The molecular formula is C31H28ClNO5. The Kier molecular flexibility index (Phi) is 6.32. The van der Waals surface area contributed by atoms with Crippen molar-refractivity contribution in [2.24, 2.45) is 0 Å². The van der Waals surface area contributed by atoms with Gasteiger partial charge in [-0.25, -0.2) is 0 Å². The number of aryl methyl sites for hydroxylation is 1. The molecule has 7 heteroatoms. The lowest BCUT2D eigenvalue weighted by molar-refractivity contribution is -0.117. The fourth-order valence-electron chi connectivity index (χ4n) is 4.90. The third-order valence-corrected chi connectivity index (χ3v) is 7.15. The summed E-state index contributed by atoms with van der Waals surface area (Å²) in [6.45, 7) is 8.17. The maximum absolute atomic E-state index is 13.9. The number of furan rings is 1. The van der Waals surface area contributed by atoms with Crippen LogP contribution in [0.15, 0.2) is 82.5 Å². The van der Waals surface area contributed by atoms with Gasteiger partial charge in [0, 0.05) is 16.1 Å². The van der Waals surface area contributed by atoms with Crippen molar-refractivity contribution in [2.45, 2.75) is 39.2 Å². The first kappa shape index (κ1) is 25.6. The van der Waals surface area contributed by atoms with Gasteiger partial charge in [-0.3, -0.25) is 14.5 Å². The van der Waals surface area contributed by atoms with Gasteiger partial charge in [0.15, 0.2) is 22.9 Å². The summed E-state index contributed by atoms with van der Waals surface area (Å²) < 4.78 is 11.3. The molecule has 0 bridgehead atoms. The summed E-state index contributed by atoms with van der Waals surface area (Å²) in [4.78, 5) is 28.9. The predicted molar refractivity (Wildman–Crippen MR) is 148 cm³/mol. The highest BCUT2D eigenvalue weighted by atomic mass is 35.5. The molecule has 1 aromatic heterocycles. The van der Waals surface area contributed by atoms with Crippen molar-refractivity contribution < 1.29 is 23.8 Å². The van der Waals surface area contributed by atoms with E-state index < -0.39 is 23.5 Å². The number of carbonyl (C=O) groups is 2. The molecule has 1 N–H and O–H groups in total. The van der Waals surface area contributed by atoms with E-state index in [-0.39, 0.29) is 16.7 Å². The van der Waals surface area contributed by atoms with Gasteiger partial charge >= 0.3 is 0 Å². The molecule has 6 nitrogen and oxygen atoms in total. The van der Waals surface area contributed by atoms with Crippen molar-refractivity contribution in [2.75, 3.05) is 12.0 Å². The molecule has 1 aliphatic heterocycles. The number of amides is 1. The Morgan fingerprint density at radius 1 is 1.05 bits per heavy atom. The molecule has 194 valence electrons. The van der Waals surface area contributed by atoms with Crippen LogP contribution in [0, 0.1) is 6.92 Å². The number of hydrogen-bond acceptors (Lipinski definition) is 5. The number of aliphatic hydroxyl groups is 1. The van der Waals surface area contributed by atoms with E-state index in [9.17, 15) is 14.7 Å². The Hall–Kier alpha value is -4.03. The molecular weight excluding hydrogens is 502 g/mol. The summed E-state index contributed by atoms with van der Waals surface area (Å²) in [5.74, 6) is -1.37. The number of halogens is 1. The topological polar surface area (TPSA) is 80.0 Å². The summed E-state index contributed by atoms with van der Waals surface area (Å²) in [6, 6.07) is 19.0. The lowest BCUT2D eigenvalue weighted by Crippen LogP contribution is -2.31. The molecule has 0 radical (unpaired) electrons. The maximum Gasteiger partial charge on any atom is 0.294 e. The molecule has 0 aliphatic carbocycles. The van der Waals surface area contributed by atoms with Crippen molar-refractivity contribution in [3.05, 3.63) is 106 Å². The summed E-state index contributed by atoms with van der Waals surface area (Å²) in [7, 11) is 1.52. The van der Waals surface area contributed by atoms with Gasteiger partial charge in [-0.2, -0.15) is 0 Å². The predicted octanol–water partition coefficient (Wildman–Crippen LogP) is 7.48. The maximum atomic E-state index is 13.9. The molecule has 1 unspecified atom stereocenters. The molecule has 0 saturated heterocycles. The van der Waals surface area contributed by atoms with Gasteiger partial charge in [-0.1, -0.05) is 68.8 Å². The minimum absolute atomic E-state index is 0.00448. The van der Waals surface area contributed by atoms with Crippen molar-refractivity contribution in [3.63, 3.8) is 0 Å². The Labute approximate surface area is 226 Å². The van der Waals surface area contributed by atoms with Gasteiger partial charge in [0.1, 0.15) is 0 Å². The van der Waals surface area contributed by atoms with E-state index in [0.717, 1.165) is 11.1 Å². The van der Waals surface area contributed by atoms with Crippen LogP contribution in [0.4, 0.5) is 5.69 Å². The van der Waals surface area contributed by atoms with Crippen LogP contribution in [0.3, 0.4) is 0 Å². The second-order valence-corrected chi connectivity index (χ2v) is 10.9. The molecule has 1 atom stereocenters. The van der Waals surface area contributed by atoms with Crippen LogP contribution in [-0.4, -0.2) is 23.9 Å². The first-order valence-electron chi connectivity index (χ1n) is 12.3. The first-order valence-corrected chi connectivity index (χ1v) is 12.6. The third kappa shape index (κ3) is 4.25. The van der Waals surface area contributed by atoms with Gasteiger partial charge in [-0.05, 0) is 59.4 Å². The van der Waals surface area contributed by atoms with E-state index in [2.05, 4.69) is 20.8 Å². The van der Waals surface area contributed by atoms with Crippen molar-refractivity contribution in [1.29, 1.82) is 0 Å². The van der Waals surface area contributed by atoms with E-state index in [4.69, 9.17) is 20.8 Å². The Bertz CT molecular complexity index is 1610. The lowest BCUT2D eigenvalue weighted by atomic mass is 9.85. The van der Waals surface area contributed by atoms with Gasteiger partial charge in [0.25, 0.3) is 5.91 Å². The highest BCUT2D eigenvalue weighted by Gasteiger charge is 2.46. The molecule has 5 rings (SSSR count). The fourth-order valence-corrected chi connectivity index (χ4v) is 5.12. The fraction of sp³-hybridized carbons (Fsp3) is 0.226. The van der Waals surface area contributed by atoms with E-state index >= 15 is 0 Å². The van der Waals surface area contributed by atoms with E-state index in [1.807, 2.05) is 31.2 Å². The minimum atomic E-state index is -0.876. The van der Waals surface area contributed by atoms with Crippen LogP contribution in [0.25, 0.3) is 11.0 Å². The highest BCUT2D eigenvalue weighted by Crippen LogP contribution is 2.44. The van der Waals surface area contributed by atoms with Crippen LogP contribution in [-0.2, 0) is 10.2 Å². The third-order valence-electron chi connectivity index (χ3n) is 6.92.